The van der Waals surface area contributed by atoms with Crippen molar-refractivity contribution in [2.24, 2.45) is 0 Å². The molecule has 2 amide bonds. The Morgan fingerprint density at radius 3 is 2.74 bits per heavy atom. The number of nitrogens with one attached hydrogen (secondary N) is 2. The maximum Gasteiger partial charge on any atom is 0.319 e. The largest absolute Gasteiger partial charge is 0.486 e. The fourth-order valence-corrected chi connectivity index (χ4v) is 3.47. The first-order valence-corrected chi connectivity index (χ1v) is 9.94. The van der Waals surface area contributed by atoms with Crippen LogP contribution in [0.4, 0.5) is 10.5 Å². The molecule has 9 heteroatoms. The zero-order valence-corrected chi connectivity index (χ0v) is 16.6. The Morgan fingerprint density at radius 1 is 1.03 bits per heavy atom. The van der Waals surface area contributed by atoms with Crippen molar-refractivity contribution in [2.45, 2.75) is 6.54 Å². The van der Waals surface area contributed by atoms with Crippen LogP contribution in [0.2, 0.25) is 0 Å². The highest BCUT2D eigenvalue weighted by atomic mass is 16.6. The van der Waals surface area contributed by atoms with Crippen molar-refractivity contribution >= 4 is 22.9 Å². The lowest BCUT2D eigenvalue weighted by molar-refractivity contribution is 0.171. The number of hydrogen-bond acceptors (Lipinski definition) is 6. The molecule has 2 N–H and O–H groups in total. The minimum absolute atomic E-state index is 0.306. The highest BCUT2D eigenvalue weighted by molar-refractivity contribution is 5.89. The van der Waals surface area contributed by atoms with Crippen LogP contribution in [0.3, 0.4) is 0 Å². The van der Waals surface area contributed by atoms with E-state index in [1.165, 1.54) is 0 Å². The Hall–Kier alpha value is -4.14. The summed E-state index contributed by atoms with van der Waals surface area (Å²) in [4.78, 5) is 25.6. The average molecular weight is 416 g/mol. The Balaban J connectivity index is 1.27. The number of aromatic nitrogens is 4. The molecule has 156 valence electrons. The molecule has 0 aliphatic carbocycles. The molecule has 0 radical (unpaired) electrons. The Bertz CT molecular complexity index is 1220. The molecule has 0 saturated carbocycles. The van der Waals surface area contributed by atoms with Crippen LogP contribution in [0.15, 0.2) is 61.1 Å². The van der Waals surface area contributed by atoms with Crippen LogP contribution >= 0.6 is 0 Å². The number of carbonyl (C=O) groups is 1. The molecule has 1 aromatic carbocycles. The number of urea groups is 1. The van der Waals surface area contributed by atoms with Crippen LogP contribution in [-0.4, -0.2) is 45.3 Å². The summed E-state index contributed by atoms with van der Waals surface area (Å²) in [5, 5.41) is 5.70. The molecule has 0 unspecified atom stereocenters. The van der Waals surface area contributed by atoms with Gasteiger partial charge in [0, 0.05) is 49.0 Å². The molecule has 1 aliphatic heterocycles. The summed E-state index contributed by atoms with van der Waals surface area (Å²) in [6.45, 7) is 1.94. The summed E-state index contributed by atoms with van der Waals surface area (Å²) in [7, 11) is 0. The van der Waals surface area contributed by atoms with Crippen LogP contribution in [-0.2, 0) is 6.54 Å². The van der Waals surface area contributed by atoms with E-state index < -0.39 is 0 Å². The number of carbonyl (C=O) groups excluding carboxylic acids is 1. The first-order chi connectivity index (χ1) is 15.3. The van der Waals surface area contributed by atoms with E-state index >= 15 is 0 Å². The van der Waals surface area contributed by atoms with Gasteiger partial charge in [0.15, 0.2) is 17.1 Å². The van der Waals surface area contributed by atoms with E-state index in [-0.39, 0.29) is 6.03 Å². The molecular formula is C22H20N6O3. The van der Waals surface area contributed by atoms with Gasteiger partial charge in [-0.3, -0.25) is 4.98 Å². The Labute approximate surface area is 178 Å². The Morgan fingerprint density at radius 2 is 1.87 bits per heavy atom. The summed E-state index contributed by atoms with van der Waals surface area (Å²) in [5.41, 5.74) is 3.14. The zero-order valence-electron chi connectivity index (χ0n) is 16.6. The topological polar surface area (TPSA) is 103 Å². The third-order valence-electron chi connectivity index (χ3n) is 4.86. The third-order valence-corrected chi connectivity index (χ3v) is 4.86. The molecule has 4 aromatic rings. The minimum atomic E-state index is -0.306. The number of ether oxygens (including phenoxy) is 2. The molecular weight excluding hydrogens is 396 g/mol. The monoisotopic (exact) mass is 416 g/mol. The van der Waals surface area contributed by atoms with E-state index in [4.69, 9.17) is 14.5 Å². The molecule has 0 fully saturated rings. The molecule has 9 nitrogen and oxygen atoms in total. The van der Waals surface area contributed by atoms with Crippen LogP contribution in [0, 0.1) is 0 Å². The maximum atomic E-state index is 12.4. The van der Waals surface area contributed by atoms with Crippen LogP contribution in [0.1, 0.15) is 0 Å². The van der Waals surface area contributed by atoms with Gasteiger partial charge in [0.25, 0.3) is 0 Å². The van der Waals surface area contributed by atoms with Gasteiger partial charge < -0.3 is 24.7 Å². The summed E-state index contributed by atoms with van der Waals surface area (Å²) < 4.78 is 13.0. The van der Waals surface area contributed by atoms with Crippen molar-refractivity contribution in [1.29, 1.82) is 0 Å². The lowest BCUT2D eigenvalue weighted by Gasteiger charge is -2.19. The first-order valence-electron chi connectivity index (χ1n) is 9.94. The predicted molar refractivity (Wildman–Crippen MR) is 115 cm³/mol. The van der Waals surface area contributed by atoms with Crippen molar-refractivity contribution < 1.29 is 14.3 Å². The highest BCUT2D eigenvalue weighted by Crippen LogP contribution is 2.32. The van der Waals surface area contributed by atoms with Gasteiger partial charge in [-0.2, -0.15) is 0 Å². The molecule has 0 spiro atoms. The number of anilines is 1. The number of hydrogen-bond donors (Lipinski definition) is 2. The van der Waals surface area contributed by atoms with Crippen LogP contribution in [0.5, 0.6) is 11.5 Å². The van der Waals surface area contributed by atoms with Crippen LogP contribution < -0.4 is 20.1 Å². The number of nitrogens with zero attached hydrogens (tertiary/aromatic N) is 4. The van der Waals surface area contributed by atoms with Crippen molar-refractivity contribution in [3.8, 4) is 22.9 Å². The number of imidazole rings is 1. The fourth-order valence-electron chi connectivity index (χ4n) is 3.47. The van der Waals surface area contributed by atoms with E-state index in [0.717, 1.165) is 22.6 Å². The van der Waals surface area contributed by atoms with E-state index in [1.807, 2.05) is 28.8 Å². The van der Waals surface area contributed by atoms with Gasteiger partial charge in [0.05, 0.1) is 0 Å². The SMILES string of the molecule is O=C(NCCn1c(-c2ccncc2)nc2cccnc21)Nc1ccc2c(c1)OCCO2. The fraction of sp³-hybridized carbons (Fsp3) is 0.182. The van der Waals surface area contributed by atoms with E-state index in [2.05, 4.69) is 20.6 Å². The predicted octanol–water partition coefficient (Wildman–Crippen LogP) is 3.09. The Kier molecular flexibility index (Phi) is 5.05. The molecule has 31 heavy (non-hydrogen) atoms. The average Bonchev–Trinajstić information content (AvgIpc) is 3.18. The summed E-state index contributed by atoms with van der Waals surface area (Å²) in [6, 6.07) is 12.6. The van der Waals surface area contributed by atoms with E-state index in [9.17, 15) is 4.79 Å². The zero-order chi connectivity index (χ0) is 21.0. The minimum Gasteiger partial charge on any atom is -0.486 e. The van der Waals surface area contributed by atoms with E-state index in [1.54, 1.807) is 36.8 Å². The van der Waals surface area contributed by atoms with Gasteiger partial charge in [-0.1, -0.05) is 0 Å². The number of amides is 2. The second kappa shape index (κ2) is 8.31. The van der Waals surface area contributed by atoms with Gasteiger partial charge in [-0.15, -0.1) is 0 Å². The number of pyridine rings is 2. The third kappa shape index (κ3) is 3.97. The maximum absolute atomic E-state index is 12.4. The lowest BCUT2D eigenvalue weighted by atomic mass is 10.2. The van der Waals surface area contributed by atoms with Crippen LogP contribution in [0.25, 0.3) is 22.6 Å². The van der Waals surface area contributed by atoms with Gasteiger partial charge in [-0.05, 0) is 36.4 Å². The number of benzene rings is 1. The molecule has 1 aliphatic rings. The van der Waals surface area contributed by atoms with Gasteiger partial charge >= 0.3 is 6.03 Å². The second-order valence-corrected chi connectivity index (χ2v) is 6.91. The summed E-state index contributed by atoms with van der Waals surface area (Å²) in [6.07, 6.45) is 5.19. The quantitative estimate of drug-likeness (QED) is 0.518. The smallest absolute Gasteiger partial charge is 0.319 e. The number of fused-ring (bicyclic) bond motifs is 2. The second-order valence-electron chi connectivity index (χ2n) is 6.91. The van der Waals surface area contributed by atoms with Crippen molar-refractivity contribution in [3.05, 3.63) is 61.1 Å². The van der Waals surface area contributed by atoms with Gasteiger partial charge in [-0.25, -0.2) is 14.8 Å². The summed E-state index contributed by atoms with van der Waals surface area (Å²) in [5.74, 6) is 2.09. The molecule has 5 rings (SSSR count). The number of rotatable bonds is 5. The molecule has 0 atom stereocenters. The highest BCUT2D eigenvalue weighted by Gasteiger charge is 2.15. The molecule has 0 saturated heterocycles. The molecule has 3 aromatic heterocycles. The molecule has 0 bridgehead atoms. The van der Waals surface area contributed by atoms with Gasteiger partial charge in [0.2, 0.25) is 0 Å². The normalized spacial score (nSPS) is 12.5. The van der Waals surface area contributed by atoms with Gasteiger partial charge in [0.1, 0.15) is 24.6 Å². The summed E-state index contributed by atoms with van der Waals surface area (Å²) >= 11 is 0. The first kappa shape index (κ1) is 18.9. The molecule has 4 heterocycles. The standard InChI is InChI=1S/C22H20N6O3/c29-22(26-16-3-4-18-19(14-16)31-13-12-30-18)25-10-11-28-20(15-5-8-23-9-6-15)27-17-2-1-7-24-21(17)28/h1-9,14H,10-13H2,(H2,25,26,29). The van der Waals surface area contributed by atoms with E-state index in [0.29, 0.717) is 43.5 Å². The van der Waals surface area contributed by atoms with Crippen molar-refractivity contribution in [3.63, 3.8) is 0 Å². The van der Waals surface area contributed by atoms with Crippen molar-refractivity contribution in [2.75, 3.05) is 25.1 Å². The lowest BCUT2D eigenvalue weighted by Crippen LogP contribution is -2.31. The van der Waals surface area contributed by atoms with Crippen molar-refractivity contribution in [1.82, 2.24) is 24.8 Å².